The Hall–Kier alpha value is -2.30. The Balaban J connectivity index is 2.10. The van der Waals surface area contributed by atoms with Crippen molar-refractivity contribution >= 4 is 22.8 Å². The van der Waals surface area contributed by atoms with Crippen LogP contribution in [-0.4, -0.2) is 23.5 Å². The van der Waals surface area contributed by atoms with Gasteiger partial charge in [-0.2, -0.15) is 0 Å². The molecule has 0 saturated heterocycles. The molecule has 1 aromatic carbocycles. The first-order valence-corrected chi connectivity index (χ1v) is 6.89. The molecule has 1 heterocycles. The molecule has 21 heavy (non-hydrogen) atoms. The summed E-state index contributed by atoms with van der Waals surface area (Å²) in [5, 5.41) is 12.6. The molecular formula is C16H19NO4. The number of hydrogen-bond acceptors (Lipinski definition) is 3. The van der Waals surface area contributed by atoms with Crippen LogP contribution >= 0.6 is 0 Å². The minimum absolute atomic E-state index is 0.0545. The van der Waals surface area contributed by atoms with E-state index < -0.39 is 17.8 Å². The average Bonchev–Trinajstić information content (AvgIpc) is 2.80. The number of furan rings is 1. The van der Waals surface area contributed by atoms with Crippen LogP contribution in [0.15, 0.2) is 28.7 Å². The van der Waals surface area contributed by atoms with Crippen molar-refractivity contribution in [3.8, 4) is 0 Å². The number of hydrogen-bond donors (Lipinski definition) is 2. The van der Waals surface area contributed by atoms with E-state index in [1.807, 2.05) is 39.0 Å². The second-order valence-electron chi connectivity index (χ2n) is 5.55. The van der Waals surface area contributed by atoms with E-state index in [1.165, 1.54) is 0 Å². The molecular weight excluding hydrogens is 270 g/mol. The van der Waals surface area contributed by atoms with Crippen LogP contribution < -0.4 is 5.32 Å². The van der Waals surface area contributed by atoms with Gasteiger partial charge in [-0.1, -0.05) is 25.5 Å². The Labute approximate surface area is 122 Å². The third kappa shape index (κ3) is 3.42. The highest BCUT2D eigenvalue weighted by molar-refractivity contribution is 5.96. The summed E-state index contributed by atoms with van der Waals surface area (Å²) in [6.45, 7) is 5.68. The Kier molecular flexibility index (Phi) is 4.31. The van der Waals surface area contributed by atoms with Crippen LogP contribution in [0.5, 0.6) is 0 Å². The first-order chi connectivity index (χ1) is 9.88. The lowest BCUT2D eigenvalue weighted by Crippen LogP contribution is -2.35. The lowest BCUT2D eigenvalue weighted by molar-refractivity contribution is -0.142. The van der Waals surface area contributed by atoms with Crippen molar-refractivity contribution in [3.63, 3.8) is 0 Å². The van der Waals surface area contributed by atoms with Gasteiger partial charge in [0.1, 0.15) is 5.58 Å². The number of aliphatic carboxylic acids is 1. The van der Waals surface area contributed by atoms with E-state index in [4.69, 9.17) is 9.52 Å². The lowest BCUT2D eigenvalue weighted by Gasteiger charge is -2.16. The first-order valence-electron chi connectivity index (χ1n) is 6.89. The van der Waals surface area contributed by atoms with Crippen molar-refractivity contribution in [2.75, 3.05) is 6.54 Å². The Morgan fingerprint density at radius 3 is 2.62 bits per heavy atom. The van der Waals surface area contributed by atoms with Gasteiger partial charge in [0.05, 0.1) is 5.92 Å². The second kappa shape index (κ2) is 5.99. The van der Waals surface area contributed by atoms with E-state index in [-0.39, 0.29) is 18.2 Å². The molecule has 0 radical (unpaired) electrons. The topological polar surface area (TPSA) is 79.5 Å². The number of carboxylic acid groups (broad SMARTS) is 1. The van der Waals surface area contributed by atoms with Gasteiger partial charge in [0, 0.05) is 11.9 Å². The molecule has 0 aliphatic carbocycles. The molecule has 1 unspecified atom stereocenters. The van der Waals surface area contributed by atoms with Crippen LogP contribution in [-0.2, 0) is 4.79 Å². The van der Waals surface area contributed by atoms with E-state index in [0.717, 1.165) is 10.9 Å². The number of carbonyl (C=O) groups excluding carboxylic acids is 1. The highest BCUT2D eigenvalue weighted by Gasteiger charge is 2.23. The molecule has 2 aromatic rings. The van der Waals surface area contributed by atoms with Crippen LogP contribution in [0.1, 0.15) is 30.0 Å². The molecule has 0 bridgehead atoms. The molecule has 0 fully saturated rings. The molecule has 0 spiro atoms. The molecule has 5 nitrogen and oxygen atoms in total. The van der Waals surface area contributed by atoms with Crippen molar-refractivity contribution in [1.82, 2.24) is 5.32 Å². The Bertz CT molecular complexity index is 672. The molecule has 0 aliphatic rings. The maximum absolute atomic E-state index is 12.1. The molecule has 2 rings (SSSR count). The molecule has 112 valence electrons. The quantitative estimate of drug-likeness (QED) is 0.887. The fourth-order valence-electron chi connectivity index (χ4n) is 2.17. The zero-order chi connectivity index (χ0) is 15.6. The van der Waals surface area contributed by atoms with Crippen LogP contribution in [0.2, 0.25) is 0 Å². The van der Waals surface area contributed by atoms with Gasteiger partial charge >= 0.3 is 5.97 Å². The summed E-state index contributed by atoms with van der Waals surface area (Å²) in [5.74, 6) is -1.77. The monoisotopic (exact) mass is 289 g/mol. The highest BCUT2D eigenvalue weighted by Crippen LogP contribution is 2.20. The molecule has 2 N–H and O–H groups in total. The zero-order valence-corrected chi connectivity index (χ0v) is 12.3. The molecule has 1 aromatic heterocycles. The largest absolute Gasteiger partial charge is 0.481 e. The number of carbonyl (C=O) groups is 2. The van der Waals surface area contributed by atoms with Gasteiger partial charge < -0.3 is 14.8 Å². The lowest BCUT2D eigenvalue weighted by atomic mass is 9.96. The third-order valence-corrected chi connectivity index (χ3v) is 3.50. The smallest absolute Gasteiger partial charge is 0.308 e. The normalized spacial score (nSPS) is 12.6. The second-order valence-corrected chi connectivity index (χ2v) is 5.55. The zero-order valence-electron chi connectivity index (χ0n) is 12.3. The molecule has 0 aliphatic heterocycles. The maximum Gasteiger partial charge on any atom is 0.308 e. The number of amides is 1. The molecule has 1 amide bonds. The van der Waals surface area contributed by atoms with Gasteiger partial charge in [0.25, 0.3) is 5.91 Å². The number of benzene rings is 1. The number of carboxylic acids is 1. The van der Waals surface area contributed by atoms with E-state index in [1.54, 1.807) is 6.07 Å². The average molecular weight is 289 g/mol. The summed E-state index contributed by atoms with van der Waals surface area (Å²) in [5.41, 5.74) is 1.73. The maximum atomic E-state index is 12.1. The van der Waals surface area contributed by atoms with Crippen molar-refractivity contribution in [2.45, 2.75) is 20.8 Å². The van der Waals surface area contributed by atoms with Gasteiger partial charge in [-0.25, -0.2) is 0 Å². The van der Waals surface area contributed by atoms with E-state index in [9.17, 15) is 9.59 Å². The fourth-order valence-corrected chi connectivity index (χ4v) is 2.17. The van der Waals surface area contributed by atoms with Crippen LogP contribution in [0.3, 0.4) is 0 Å². The standard InChI is InChI=1S/C16H19NO4/c1-9(2)12(16(19)20)8-17-15(18)14-7-11-6-10(3)4-5-13(11)21-14/h4-7,9,12H,8H2,1-3H3,(H,17,18)(H,19,20). The van der Waals surface area contributed by atoms with Crippen molar-refractivity contribution in [2.24, 2.45) is 11.8 Å². The van der Waals surface area contributed by atoms with Crippen LogP contribution in [0, 0.1) is 18.8 Å². The molecule has 0 saturated carbocycles. The summed E-state index contributed by atoms with van der Waals surface area (Å²) in [7, 11) is 0. The minimum atomic E-state index is -0.912. The summed E-state index contributed by atoms with van der Waals surface area (Å²) in [6, 6.07) is 7.33. The highest BCUT2D eigenvalue weighted by atomic mass is 16.4. The number of fused-ring (bicyclic) bond motifs is 1. The van der Waals surface area contributed by atoms with Crippen molar-refractivity contribution in [3.05, 3.63) is 35.6 Å². The van der Waals surface area contributed by atoms with E-state index >= 15 is 0 Å². The van der Waals surface area contributed by atoms with E-state index in [0.29, 0.717) is 5.58 Å². The van der Waals surface area contributed by atoms with Crippen molar-refractivity contribution in [1.29, 1.82) is 0 Å². The third-order valence-electron chi connectivity index (χ3n) is 3.50. The van der Waals surface area contributed by atoms with Crippen molar-refractivity contribution < 1.29 is 19.1 Å². The Morgan fingerprint density at radius 1 is 1.29 bits per heavy atom. The summed E-state index contributed by atoms with van der Waals surface area (Å²) >= 11 is 0. The number of aryl methyl sites for hydroxylation is 1. The SMILES string of the molecule is Cc1ccc2oc(C(=O)NCC(C(=O)O)C(C)C)cc2c1. The first kappa shape index (κ1) is 15.1. The predicted octanol–water partition coefficient (Wildman–Crippen LogP) is 2.83. The molecule has 5 heteroatoms. The van der Waals surface area contributed by atoms with Gasteiger partial charge in [0.15, 0.2) is 5.76 Å². The number of rotatable bonds is 5. The summed E-state index contributed by atoms with van der Waals surface area (Å²) < 4.78 is 5.48. The van der Waals surface area contributed by atoms with Gasteiger partial charge in [-0.3, -0.25) is 9.59 Å². The minimum Gasteiger partial charge on any atom is -0.481 e. The Morgan fingerprint density at radius 2 is 2.00 bits per heavy atom. The fraction of sp³-hybridized carbons (Fsp3) is 0.375. The number of nitrogens with one attached hydrogen (secondary N) is 1. The van der Waals surface area contributed by atoms with Gasteiger partial charge in [0.2, 0.25) is 0 Å². The molecule has 1 atom stereocenters. The van der Waals surface area contributed by atoms with E-state index in [2.05, 4.69) is 5.32 Å². The van der Waals surface area contributed by atoms with Crippen LogP contribution in [0.4, 0.5) is 0 Å². The summed E-state index contributed by atoms with van der Waals surface area (Å²) in [6.07, 6.45) is 0. The predicted molar refractivity (Wildman–Crippen MR) is 79.2 cm³/mol. The van der Waals surface area contributed by atoms with Gasteiger partial charge in [-0.05, 0) is 31.0 Å². The van der Waals surface area contributed by atoms with Crippen LogP contribution in [0.25, 0.3) is 11.0 Å². The van der Waals surface area contributed by atoms with Gasteiger partial charge in [-0.15, -0.1) is 0 Å². The summed E-state index contributed by atoms with van der Waals surface area (Å²) in [4.78, 5) is 23.1.